The highest BCUT2D eigenvalue weighted by molar-refractivity contribution is 6.25. The maximum absolute atomic E-state index is 6.53. The van der Waals surface area contributed by atoms with Crippen LogP contribution in [0.1, 0.15) is 24.6 Å². The molecule has 0 aliphatic rings. The predicted octanol–water partition coefficient (Wildman–Crippen LogP) is 12.9. The van der Waals surface area contributed by atoms with Crippen LogP contribution in [0.5, 0.6) is 0 Å². The number of aryl methyl sites for hydroxylation is 1. The molecule has 0 atom stereocenters. The second kappa shape index (κ2) is 10.6. The maximum Gasteiger partial charge on any atom is 0.159 e. The molecule has 7 aromatic carbocycles. The van der Waals surface area contributed by atoms with Crippen molar-refractivity contribution in [2.75, 3.05) is 0 Å². The molecule has 0 amide bonds. The summed E-state index contributed by atoms with van der Waals surface area (Å²) in [6, 6.07) is 46.2. The minimum Gasteiger partial charge on any atom is -0.454 e. The Balaban J connectivity index is 1.28. The fourth-order valence-electron chi connectivity index (χ4n) is 7.47. The Morgan fingerprint density at radius 2 is 1.19 bits per heavy atom. The van der Waals surface area contributed by atoms with Gasteiger partial charge in [0.1, 0.15) is 5.58 Å². The topological polar surface area (TPSA) is 18.1 Å². The molecule has 9 rings (SSSR count). The SMILES string of the molecule is C=C(C)C/C=C\c1c(C)c2cc(-c3ccc4c5ccccc5c5ccccc5c4c3)ccc2n1-c1cccc2c1oc1ccccc12. The molecule has 0 spiro atoms. The third kappa shape index (κ3) is 4.26. The van der Waals surface area contributed by atoms with E-state index in [-0.39, 0.29) is 0 Å². The van der Waals surface area contributed by atoms with E-state index in [0.717, 1.165) is 50.8 Å². The number of benzene rings is 7. The minimum atomic E-state index is 0.834. The molecule has 0 fully saturated rings. The minimum absolute atomic E-state index is 0.834. The van der Waals surface area contributed by atoms with Crippen molar-refractivity contribution in [3.8, 4) is 16.8 Å². The van der Waals surface area contributed by atoms with Gasteiger partial charge in [0.2, 0.25) is 0 Å². The van der Waals surface area contributed by atoms with Crippen molar-refractivity contribution < 1.29 is 4.42 Å². The Labute approximate surface area is 273 Å². The van der Waals surface area contributed by atoms with Crippen LogP contribution < -0.4 is 0 Å². The molecular formula is C45H33NO. The summed E-state index contributed by atoms with van der Waals surface area (Å²) >= 11 is 0. The van der Waals surface area contributed by atoms with Gasteiger partial charge >= 0.3 is 0 Å². The first-order chi connectivity index (χ1) is 23.1. The number of fused-ring (bicyclic) bond motifs is 10. The second-order valence-corrected chi connectivity index (χ2v) is 12.7. The number of para-hydroxylation sites is 2. The molecule has 0 saturated heterocycles. The van der Waals surface area contributed by atoms with Crippen molar-refractivity contribution >= 4 is 71.2 Å². The highest BCUT2D eigenvalue weighted by atomic mass is 16.3. The lowest BCUT2D eigenvalue weighted by Gasteiger charge is -2.12. The van der Waals surface area contributed by atoms with Crippen molar-refractivity contribution in [3.05, 3.63) is 157 Å². The van der Waals surface area contributed by atoms with Crippen LogP contribution in [0.2, 0.25) is 0 Å². The smallest absolute Gasteiger partial charge is 0.159 e. The summed E-state index contributed by atoms with van der Waals surface area (Å²) in [6.07, 6.45) is 5.30. The number of hydrogen-bond acceptors (Lipinski definition) is 1. The number of aromatic nitrogens is 1. The third-order valence-electron chi connectivity index (χ3n) is 9.71. The van der Waals surface area contributed by atoms with E-state index in [2.05, 4.69) is 152 Å². The number of hydrogen-bond donors (Lipinski definition) is 0. The summed E-state index contributed by atoms with van der Waals surface area (Å²) in [5.41, 5.74) is 9.96. The Bertz CT molecular complexity index is 2720. The summed E-state index contributed by atoms with van der Waals surface area (Å²) in [5.74, 6) is 0. The molecule has 224 valence electrons. The van der Waals surface area contributed by atoms with Crippen LogP contribution in [0.15, 0.2) is 150 Å². The second-order valence-electron chi connectivity index (χ2n) is 12.7. The van der Waals surface area contributed by atoms with Crippen LogP contribution in [0.25, 0.3) is 88.0 Å². The first kappa shape index (κ1) is 27.5. The third-order valence-corrected chi connectivity index (χ3v) is 9.71. The molecule has 0 saturated carbocycles. The van der Waals surface area contributed by atoms with E-state index >= 15 is 0 Å². The Morgan fingerprint density at radius 3 is 1.89 bits per heavy atom. The zero-order valence-corrected chi connectivity index (χ0v) is 26.5. The normalized spacial score (nSPS) is 12.1. The van der Waals surface area contributed by atoms with Gasteiger partial charge in [0.05, 0.1) is 11.2 Å². The van der Waals surface area contributed by atoms with E-state index in [1.807, 2.05) is 12.1 Å². The molecule has 2 heterocycles. The summed E-state index contributed by atoms with van der Waals surface area (Å²) in [6.45, 7) is 8.44. The summed E-state index contributed by atoms with van der Waals surface area (Å²) in [5, 5.41) is 11.2. The number of nitrogens with zero attached hydrogens (tertiary/aromatic N) is 1. The molecule has 0 bridgehead atoms. The number of allylic oxidation sites excluding steroid dienone is 2. The molecule has 2 aromatic heterocycles. The van der Waals surface area contributed by atoms with Crippen molar-refractivity contribution in [1.82, 2.24) is 4.57 Å². The standard InChI is InChI=1S/C45H33NO/c1-28(2)12-10-19-41-29(3)39-26-31(23-25-42(39)46(41)43-20-11-18-38-37-17-8-9-21-44(37)47-45(38)43)30-22-24-36-34-15-5-4-13-32(34)33-14-6-7-16-35(33)40(36)27-30/h4-11,13-27H,1,12H2,2-3H3/b19-10-. The zero-order chi connectivity index (χ0) is 31.6. The van der Waals surface area contributed by atoms with Crippen LogP contribution in [0.3, 0.4) is 0 Å². The van der Waals surface area contributed by atoms with Gasteiger partial charge in [-0.25, -0.2) is 0 Å². The van der Waals surface area contributed by atoms with Crippen molar-refractivity contribution in [2.24, 2.45) is 0 Å². The molecule has 0 unspecified atom stereocenters. The predicted molar refractivity (Wildman–Crippen MR) is 202 cm³/mol. The highest BCUT2D eigenvalue weighted by Crippen LogP contribution is 2.40. The van der Waals surface area contributed by atoms with Gasteiger partial charge in [-0.1, -0.05) is 115 Å². The Hall–Kier alpha value is -5.86. The zero-order valence-electron chi connectivity index (χ0n) is 26.5. The van der Waals surface area contributed by atoms with Gasteiger partial charge in [-0.3, -0.25) is 0 Å². The summed E-state index contributed by atoms with van der Waals surface area (Å²) in [4.78, 5) is 0. The van der Waals surface area contributed by atoms with Crippen LogP contribution >= 0.6 is 0 Å². The number of furan rings is 1. The summed E-state index contributed by atoms with van der Waals surface area (Å²) in [7, 11) is 0. The Kier molecular flexibility index (Phi) is 6.20. The van der Waals surface area contributed by atoms with Crippen LogP contribution in [-0.4, -0.2) is 4.57 Å². The van der Waals surface area contributed by atoms with Gasteiger partial charge in [-0.2, -0.15) is 0 Å². The maximum atomic E-state index is 6.53. The van der Waals surface area contributed by atoms with E-state index in [1.54, 1.807) is 0 Å². The largest absolute Gasteiger partial charge is 0.454 e. The molecule has 0 N–H and O–H groups in total. The van der Waals surface area contributed by atoms with Gasteiger partial charge in [-0.05, 0) is 106 Å². The number of rotatable bonds is 5. The van der Waals surface area contributed by atoms with Crippen molar-refractivity contribution in [2.45, 2.75) is 20.3 Å². The molecule has 0 aliphatic heterocycles. The molecule has 47 heavy (non-hydrogen) atoms. The van der Waals surface area contributed by atoms with Gasteiger partial charge in [0.15, 0.2) is 5.58 Å². The molecule has 0 aliphatic carbocycles. The van der Waals surface area contributed by atoms with Crippen molar-refractivity contribution in [3.63, 3.8) is 0 Å². The average Bonchev–Trinajstić information content (AvgIpc) is 3.62. The van der Waals surface area contributed by atoms with E-state index in [9.17, 15) is 0 Å². The Morgan fingerprint density at radius 1 is 0.617 bits per heavy atom. The fraction of sp³-hybridized carbons (Fsp3) is 0.0667. The highest BCUT2D eigenvalue weighted by Gasteiger charge is 2.19. The van der Waals surface area contributed by atoms with Gasteiger partial charge in [0, 0.05) is 21.9 Å². The quantitative estimate of drug-likeness (QED) is 0.141. The van der Waals surface area contributed by atoms with Crippen LogP contribution in [0, 0.1) is 6.92 Å². The van der Waals surface area contributed by atoms with Gasteiger partial charge < -0.3 is 8.98 Å². The van der Waals surface area contributed by atoms with E-state index in [1.165, 1.54) is 54.4 Å². The lowest BCUT2D eigenvalue weighted by atomic mass is 9.92. The first-order valence-corrected chi connectivity index (χ1v) is 16.3. The van der Waals surface area contributed by atoms with Crippen LogP contribution in [0.4, 0.5) is 0 Å². The monoisotopic (exact) mass is 603 g/mol. The molecule has 2 heteroatoms. The first-order valence-electron chi connectivity index (χ1n) is 16.3. The molecular weight excluding hydrogens is 571 g/mol. The molecule has 2 nitrogen and oxygen atoms in total. The lowest BCUT2D eigenvalue weighted by molar-refractivity contribution is 0.666. The lowest BCUT2D eigenvalue weighted by Crippen LogP contribution is -1.97. The molecule has 0 radical (unpaired) electrons. The van der Waals surface area contributed by atoms with E-state index < -0.39 is 0 Å². The van der Waals surface area contributed by atoms with Crippen LogP contribution in [-0.2, 0) is 0 Å². The van der Waals surface area contributed by atoms with Gasteiger partial charge in [0.25, 0.3) is 0 Å². The molecule has 9 aromatic rings. The van der Waals surface area contributed by atoms with Gasteiger partial charge in [-0.15, -0.1) is 0 Å². The van der Waals surface area contributed by atoms with E-state index in [0.29, 0.717) is 0 Å². The van der Waals surface area contributed by atoms with E-state index in [4.69, 9.17) is 4.42 Å². The van der Waals surface area contributed by atoms with Crippen molar-refractivity contribution in [1.29, 1.82) is 0 Å². The summed E-state index contributed by atoms with van der Waals surface area (Å²) < 4.78 is 8.90. The fourth-order valence-corrected chi connectivity index (χ4v) is 7.47. The average molecular weight is 604 g/mol.